The molecular weight excluding hydrogens is 222 g/mol. The summed E-state index contributed by atoms with van der Waals surface area (Å²) in [5, 5.41) is 0. The van der Waals surface area contributed by atoms with Crippen molar-refractivity contribution in [2.75, 3.05) is 0 Å². The zero-order valence-electron chi connectivity index (χ0n) is 3.32. The van der Waals surface area contributed by atoms with Crippen LogP contribution in [0.15, 0.2) is 12.7 Å². The van der Waals surface area contributed by atoms with Crippen LogP contribution < -0.4 is 24.8 Å². The van der Waals surface area contributed by atoms with Gasteiger partial charge in [-0.3, -0.25) is 0 Å². The maximum absolute atomic E-state index is 3.25. The van der Waals surface area contributed by atoms with E-state index in [0.29, 0.717) is 0 Å². The molecule has 6 heavy (non-hydrogen) atoms. The summed E-state index contributed by atoms with van der Waals surface area (Å²) in [6, 6.07) is 0. The quantitative estimate of drug-likeness (QED) is 0.387. The summed E-state index contributed by atoms with van der Waals surface area (Å²) in [5.41, 5.74) is 0. The van der Waals surface area contributed by atoms with Gasteiger partial charge in [0, 0.05) is 25.8 Å². The minimum atomic E-state index is 0. The molecule has 0 aromatic carbocycles. The van der Waals surface area contributed by atoms with E-state index in [2.05, 4.69) is 13.5 Å². The summed E-state index contributed by atoms with van der Waals surface area (Å²) in [4.78, 5) is 0. The van der Waals surface area contributed by atoms with Crippen molar-refractivity contribution < 1.29 is 24.8 Å². The van der Waals surface area contributed by atoms with Gasteiger partial charge in [0.15, 0.2) is 0 Å². The van der Waals surface area contributed by atoms with Gasteiger partial charge < -0.3 is 24.8 Å². The third-order valence-corrected chi connectivity index (χ3v) is 0. The van der Waals surface area contributed by atoms with Crippen molar-refractivity contribution in [3.05, 3.63) is 19.6 Å². The van der Waals surface area contributed by atoms with Crippen LogP contribution in [0.25, 0.3) is 0 Å². The van der Waals surface area contributed by atoms with Crippen molar-refractivity contribution in [2.45, 2.75) is 0 Å². The normalized spacial score (nSPS) is 2.17. The fourth-order valence-corrected chi connectivity index (χ4v) is 0. The van der Waals surface area contributed by atoms with E-state index in [0.717, 1.165) is 0 Å². The van der Waals surface area contributed by atoms with Crippen LogP contribution >= 0.6 is 0 Å². The Labute approximate surface area is 70.0 Å². The van der Waals surface area contributed by atoms with Gasteiger partial charge in [-0.1, -0.05) is 6.08 Å². The molecule has 0 unspecified atom stereocenters. The molecule has 0 heterocycles. The first kappa shape index (κ1) is 27.1. The smallest absolute Gasteiger partial charge is 0 e. The molecule has 0 aliphatic carbocycles. The summed E-state index contributed by atoms with van der Waals surface area (Å²) in [6.07, 6.45) is 1.50. The first-order valence-corrected chi connectivity index (χ1v) is 0.816. The van der Waals surface area contributed by atoms with Gasteiger partial charge in [-0.15, -0.1) is 6.58 Å². The zero-order chi connectivity index (χ0) is 2.71. The van der Waals surface area contributed by atoms with Gasteiger partial charge in [0.2, 0.25) is 0 Å². The Morgan fingerprint density at radius 3 is 1.17 bits per heavy atom. The number of hydrogen-bond acceptors (Lipinski definition) is 0. The van der Waals surface area contributed by atoms with E-state index >= 15 is 0 Å². The Kier molecular flexibility index (Phi) is 157. The van der Waals surface area contributed by atoms with Crippen LogP contribution in [0.5, 0.6) is 0 Å². The predicted molar refractivity (Wildman–Crippen MR) is 21.3 cm³/mol. The molecule has 0 spiro atoms. The van der Waals surface area contributed by atoms with Gasteiger partial charge in [-0.25, -0.2) is 0 Å². The van der Waals surface area contributed by atoms with Crippen molar-refractivity contribution in [3.63, 3.8) is 0 Å². The first-order valence-electron chi connectivity index (χ1n) is 0.816. The van der Waals surface area contributed by atoms with Gasteiger partial charge in [-0.05, 0) is 6.92 Å². The number of hydrogen-bond donors (Lipinski definition) is 0. The molecule has 0 rings (SSSR count). The average molecular weight is 227 g/mol. The monoisotopic (exact) mass is 226 g/mol. The largest absolute Gasteiger partial charge is 1.00 e. The molecule has 0 aliphatic rings. The van der Waals surface area contributed by atoms with E-state index in [9.17, 15) is 0 Å². The minimum Gasteiger partial charge on any atom is -1.00 e. The maximum atomic E-state index is 3.25. The standard InChI is InChI=1S/C3H5.2ClH.In/c1-3-2;;;/h3H,1-2H2;2*1H;/p-2. The second-order valence-electron chi connectivity index (χ2n) is 0.289. The van der Waals surface area contributed by atoms with Crippen LogP contribution in [0, 0.1) is 6.92 Å². The van der Waals surface area contributed by atoms with Gasteiger partial charge >= 0.3 is 0 Å². The van der Waals surface area contributed by atoms with Crippen molar-refractivity contribution in [1.82, 2.24) is 0 Å². The Morgan fingerprint density at radius 2 is 1.17 bits per heavy atom. The summed E-state index contributed by atoms with van der Waals surface area (Å²) in [7, 11) is 0. The molecule has 0 amide bonds. The van der Waals surface area contributed by atoms with E-state index in [1.165, 1.54) is 6.08 Å². The molecule has 0 aromatic rings. The Bertz CT molecular complexity index is 16.3. The molecule has 0 saturated carbocycles. The Morgan fingerprint density at radius 1 is 1.17 bits per heavy atom. The second-order valence-corrected chi connectivity index (χ2v) is 0.289. The maximum Gasteiger partial charge on any atom is 0 e. The molecule has 0 fully saturated rings. The van der Waals surface area contributed by atoms with E-state index < -0.39 is 0 Å². The van der Waals surface area contributed by atoms with E-state index in [-0.39, 0.29) is 50.7 Å². The van der Waals surface area contributed by atoms with Crippen molar-refractivity contribution >= 4 is 25.8 Å². The molecule has 4 radical (unpaired) electrons. The fourth-order valence-electron chi connectivity index (χ4n) is 0. The number of rotatable bonds is 0. The molecule has 0 nitrogen and oxygen atoms in total. The van der Waals surface area contributed by atoms with Crippen LogP contribution in [-0.4, -0.2) is 25.8 Å². The fraction of sp³-hybridized carbons (Fsp3) is 0. The van der Waals surface area contributed by atoms with Crippen LogP contribution in [-0.2, 0) is 0 Å². The SMILES string of the molecule is [CH2]C=C.[Cl-].[Cl-].[In]. The van der Waals surface area contributed by atoms with Gasteiger partial charge in [-0.2, -0.15) is 0 Å². The van der Waals surface area contributed by atoms with E-state index in [4.69, 9.17) is 0 Å². The van der Waals surface area contributed by atoms with Crippen molar-refractivity contribution in [3.8, 4) is 0 Å². The number of allylic oxidation sites excluding steroid dienone is 1. The number of halogens is 2. The summed E-state index contributed by atoms with van der Waals surface area (Å²) >= 11 is 0. The molecular formula is C3H5Cl2In-2. The first-order chi connectivity index (χ1) is 1.41. The van der Waals surface area contributed by atoms with Crippen molar-refractivity contribution in [2.24, 2.45) is 0 Å². The van der Waals surface area contributed by atoms with Crippen LogP contribution in [0.1, 0.15) is 0 Å². The molecule has 0 bridgehead atoms. The Balaban J connectivity index is -0.00000000667. The van der Waals surface area contributed by atoms with Gasteiger partial charge in [0.1, 0.15) is 0 Å². The predicted octanol–water partition coefficient (Wildman–Crippen LogP) is -5.37. The topological polar surface area (TPSA) is 0 Å². The molecule has 0 atom stereocenters. The third kappa shape index (κ3) is 64.3. The summed E-state index contributed by atoms with van der Waals surface area (Å²) in [5.74, 6) is 0. The molecule has 0 N–H and O–H groups in total. The molecule has 36 valence electrons. The second kappa shape index (κ2) is 34.8. The summed E-state index contributed by atoms with van der Waals surface area (Å²) < 4.78 is 0. The van der Waals surface area contributed by atoms with Crippen LogP contribution in [0.3, 0.4) is 0 Å². The van der Waals surface area contributed by atoms with Gasteiger partial charge in [0.05, 0.1) is 0 Å². The molecule has 0 aromatic heterocycles. The van der Waals surface area contributed by atoms with Crippen molar-refractivity contribution in [1.29, 1.82) is 0 Å². The zero-order valence-corrected chi connectivity index (χ0v) is 8.13. The molecule has 0 aliphatic heterocycles. The molecule has 3 heteroatoms. The van der Waals surface area contributed by atoms with E-state index in [1.54, 1.807) is 0 Å². The summed E-state index contributed by atoms with van der Waals surface area (Å²) in [6.45, 7) is 6.50. The molecule has 0 saturated heterocycles. The van der Waals surface area contributed by atoms with Gasteiger partial charge in [0.25, 0.3) is 0 Å². The third-order valence-electron chi connectivity index (χ3n) is 0. The van der Waals surface area contributed by atoms with E-state index in [1.807, 2.05) is 0 Å². The minimum absolute atomic E-state index is 0. The average Bonchev–Trinajstić information content (AvgIpc) is 0.918. The Hall–Kier alpha value is 1.19. The van der Waals surface area contributed by atoms with Crippen LogP contribution in [0.2, 0.25) is 0 Å². The van der Waals surface area contributed by atoms with Crippen LogP contribution in [0.4, 0.5) is 0 Å².